The number of anilines is 2. The number of carbonyl (C=O) groups is 9. The van der Waals surface area contributed by atoms with Gasteiger partial charge in [0.1, 0.15) is 24.7 Å². The van der Waals surface area contributed by atoms with Crippen LogP contribution >= 0.6 is 0 Å². The number of ether oxygens (including phenoxy) is 1. The van der Waals surface area contributed by atoms with Gasteiger partial charge in [-0.1, -0.05) is 129 Å². The summed E-state index contributed by atoms with van der Waals surface area (Å²) >= 11 is 0. The van der Waals surface area contributed by atoms with Crippen molar-refractivity contribution in [3.05, 3.63) is 142 Å². The molecule has 22 heteroatoms. The molecule has 0 saturated heterocycles. The van der Waals surface area contributed by atoms with Gasteiger partial charge in [0.05, 0.1) is 24.3 Å². The Morgan fingerprint density at radius 1 is 0.769 bits per heavy atom. The summed E-state index contributed by atoms with van der Waals surface area (Å²) in [7, 11) is 5.21. The first-order valence-corrected chi connectivity index (χ1v) is 30.6. The lowest BCUT2D eigenvalue weighted by molar-refractivity contribution is -0.141. The highest BCUT2D eigenvalue weighted by atomic mass is 16.5. The number of alkyl carbamates (subject to hydrolysis) is 1. The lowest BCUT2D eigenvalue weighted by Crippen LogP contribution is -2.61. The number of nitrogens with two attached hydrogens (primary N) is 1. The molecular weight excluding hydrogens is 1160 g/mol. The molecule has 6 rings (SSSR count). The fraction of sp³-hybridized carbons (Fsp3) is 0.435. The van der Waals surface area contributed by atoms with Crippen molar-refractivity contribution in [1.29, 1.82) is 0 Å². The molecule has 1 aromatic heterocycles. The number of urea groups is 1. The Morgan fingerprint density at radius 3 is 2.05 bits per heavy atom. The van der Waals surface area contributed by atoms with Gasteiger partial charge in [0, 0.05) is 84.9 Å². The van der Waals surface area contributed by atoms with Crippen molar-refractivity contribution in [1.82, 2.24) is 41.4 Å². The van der Waals surface area contributed by atoms with Crippen LogP contribution in [0.3, 0.4) is 0 Å². The van der Waals surface area contributed by atoms with Gasteiger partial charge < -0.3 is 67.2 Å². The fourth-order valence-electron chi connectivity index (χ4n) is 11.0. The largest absolute Gasteiger partial charge is 0.478 e. The average Bonchev–Trinajstić information content (AvgIpc) is 1.66. The summed E-state index contributed by atoms with van der Waals surface area (Å²) in [6.45, 7) is 18.6. The fourth-order valence-corrected chi connectivity index (χ4v) is 11.0. The standard InChI is InChI=1S/C69H89N11O11/c1-41(2)55(35-43(5)65(87)88)79(13)64(86)60(68(6,7)8)77-63(85)59(71-11)69(9,10)51-39-78(12)54-31-26-45(36-50(51)54)37-73-67(90)91-40-44-24-29-49(30-25-44)74-61(83)52(22-18-34-72-66(70)89)75-62(84)58(42(3)4)76-56(81)32-33-57(82)80-38-48-21-15-14-19-46(48)27-28-47-20-16-17-23-53(47)80/h14-17,19-21,23-26,29-31,35-36,39,41-42,52,55,58-60,71H,18,22,32-34,37-38,40H2,1-13H3,(H,73,90)(H,74,83)(H,75,84)(H,76,81)(H,77,85)(H,87,88)(H3,70,72,89)/b43-35+/t52-,55+,58-,59+,60+/m0/s1. The number of carbonyl (C=O) groups excluding carboxylic acids is 8. The summed E-state index contributed by atoms with van der Waals surface area (Å²) in [5.41, 5.74) is 10.2. The Labute approximate surface area is 533 Å². The van der Waals surface area contributed by atoms with E-state index >= 15 is 0 Å². The zero-order valence-electron chi connectivity index (χ0n) is 54.5. The third-order valence-electron chi connectivity index (χ3n) is 16.3. The van der Waals surface area contributed by atoms with Crippen LogP contribution in [0.5, 0.6) is 0 Å². The maximum absolute atomic E-state index is 14.5. The minimum atomic E-state index is -1.12. The Hall–Kier alpha value is -9.49. The molecule has 10 N–H and O–H groups in total. The molecule has 91 heavy (non-hydrogen) atoms. The van der Waals surface area contributed by atoms with Gasteiger partial charge in [-0.25, -0.2) is 14.4 Å². The first-order valence-electron chi connectivity index (χ1n) is 30.6. The number of benzene rings is 4. The van der Waals surface area contributed by atoms with E-state index in [-0.39, 0.29) is 75.2 Å². The molecule has 0 unspecified atom stereocenters. The molecule has 0 fully saturated rings. The molecule has 0 bridgehead atoms. The molecule has 22 nitrogen and oxygen atoms in total. The molecule has 5 atom stereocenters. The quantitative estimate of drug-likeness (QED) is 0.0143. The van der Waals surface area contributed by atoms with E-state index in [1.807, 2.05) is 133 Å². The SMILES string of the molecule is CN[C@H](C(=O)N[C@H](C(=O)N(C)[C@H](/C=C(\C)C(=O)O)C(C)C)C(C)(C)C)C(C)(C)c1cn(C)c2ccc(CNC(=O)OCc3ccc(NC(=O)[C@H](CCCNC(N)=O)NC(=O)[C@@H](NC(=O)CCC(=O)N4Cc5ccccc5C#Cc5ccccc54)C(C)C)cc3)cc12. The molecular formula is C69H89N11O11. The Balaban J connectivity index is 1.05. The van der Waals surface area contributed by atoms with Crippen molar-refractivity contribution in [2.75, 3.05) is 30.9 Å². The van der Waals surface area contributed by atoms with E-state index in [2.05, 4.69) is 49.1 Å². The zero-order valence-corrected chi connectivity index (χ0v) is 54.5. The summed E-state index contributed by atoms with van der Waals surface area (Å²) in [6, 6.07) is 22.0. The summed E-state index contributed by atoms with van der Waals surface area (Å²) < 4.78 is 7.54. The second-order valence-electron chi connectivity index (χ2n) is 25.4. The molecule has 2 heterocycles. The minimum Gasteiger partial charge on any atom is -0.478 e. The second-order valence-corrected chi connectivity index (χ2v) is 25.4. The van der Waals surface area contributed by atoms with E-state index in [9.17, 15) is 48.3 Å². The van der Waals surface area contributed by atoms with E-state index in [0.717, 1.165) is 33.2 Å². The van der Waals surface area contributed by atoms with Gasteiger partial charge in [0.25, 0.3) is 0 Å². The van der Waals surface area contributed by atoms with Crippen molar-refractivity contribution in [3.63, 3.8) is 0 Å². The number of carboxylic acid groups (broad SMARTS) is 1. The Morgan fingerprint density at radius 2 is 1.42 bits per heavy atom. The first kappa shape index (κ1) is 70.6. The van der Waals surface area contributed by atoms with E-state index in [0.29, 0.717) is 22.5 Å². The van der Waals surface area contributed by atoms with Crippen LogP contribution in [0.4, 0.5) is 21.0 Å². The normalized spacial score (nSPS) is 13.9. The topological polar surface area (TPSA) is 305 Å². The molecule has 4 aromatic carbocycles. The van der Waals surface area contributed by atoms with E-state index < -0.39 is 88.7 Å². The summed E-state index contributed by atoms with van der Waals surface area (Å²) in [5, 5.41) is 30.4. The number of nitrogens with one attached hydrogen (secondary N) is 7. The van der Waals surface area contributed by atoms with Crippen LogP contribution in [0.1, 0.15) is 128 Å². The van der Waals surface area contributed by atoms with Crippen LogP contribution in [0, 0.1) is 29.1 Å². The van der Waals surface area contributed by atoms with Crippen molar-refractivity contribution >= 4 is 75.8 Å². The van der Waals surface area contributed by atoms with Crippen molar-refractivity contribution < 1.29 is 53.0 Å². The van der Waals surface area contributed by atoms with E-state index in [4.69, 9.17) is 10.5 Å². The minimum absolute atomic E-state index is 0.0880. The highest BCUT2D eigenvalue weighted by molar-refractivity contribution is 6.00. The number of fused-ring (bicyclic) bond motifs is 3. The third-order valence-corrected chi connectivity index (χ3v) is 16.3. The number of likely N-dealkylation sites (N-methyl/N-ethyl adjacent to an activating group) is 2. The molecule has 1 aliphatic rings. The van der Waals surface area contributed by atoms with Crippen molar-refractivity contribution in [2.45, 2.75) is 150 Å². The van der Waals surface area contributed by atoms with E-state index in [1.165, 1.54) is 11.8 Å². The highest BCUT2D eigenvalue weighted by Crippen LogP contribution is 2.36. The van der Waals surface area contributed by atoms with Gasteiger partial charge in [-0.15, -0.1) is 0 Å². The molecule has 0 aliphatic carbocycles. The van der Waals surface area contributed by atoms with Crippen molar-refractivity contribution in [3.8, 4) is 11.8 Å². The zero-order chi connectivity index (χ0) is 67.1. The maximum Gasteiger partial charge on any atom is 0.407 e. The van der Waals surface area contributed by atoms with Gasteiger partial charge >= 0.3 is 18.1 Å². The lowest BCUT2D eigenvalue weighted by Gasteiger charge is -2.39. The van der Waals surface area contributed by atoms with Gasteiger partial charge in [0.15, 0.2) is 0 Å². The van der Waals surface area contributed by atoms with Gasteiger partial charge in [-0.2, -0.15) is 0 Å². The van der Waals surface area contributed by atoms with Crippen LogP contribution in [-0.4, -0.2) is 119 Å². The van der Waals surface area contributed by atoms with Crippen LogP contribution in [0.2, 0.25) is 0 Å². The highest BCUT2D eigenvalue weighted by Gasteiger charge is 2.43. The van der Waals surface area contributed by atoms with Crippen LogP contribution < -0.4 is 47.9 Å². The van der Waals surface area contributed by atoms with Gasteiger partial charge in [0.2, 0.25) is 35.4 Å². The number of aliphatic carboxylic acids is 1. The molecule has 0 spiro atoms. The number of amides is 9. The number of carboxylic acids is 1. The second kappa shape index (κ2) is 31.3. The molecule has 0 radical (unpaired) electrons. The Bertz CT molecular complexity index is 3590. The number of nitrogens with zero attached hydrogens (tertiary/aromatic N) is 3. The smallest absolute Gasteiger partial charge is 0.407 e. The van der Waals surface area contributed by atoms with Crippen molar-refractivity contribution in [2.24, 2.45) is 30.0 Å². The number of aryl methyl sites for hydroxylation is 1. The molecule has 5 aromatic rings. The number of hydrogen-bond acceptors (Lipinski definition) is 11. The maximum atomic E-state index is 14.5. The molecule has 0 saturated carbocycles. The van der Waals surface area contributed by atoms with Gasteiger partial charge in [-0.3, -0.25) is 28.8 Å². The number of hydrogen-bond donors (Lipinski definition) is 9. The first-order chi connectivity index (χ1) is 42.9. The number of para-hydroxylation sites is 1. The predicted molar refractivity (Wildman–Crippen MR) is 350 cm³/mol. The number of primary amides is 1. The third kappa shape index (κ3) is 18.8. The predicted octanol–water partition coefficient (Wildman–Crippen LogP) is 7.25. The molecule has 9 amide bonds. The van der Waals surface area contributed by atoms with E-state index in [1.54, 1.807) is 63.2 Å². The lowest BCUT2D eigenvalue weighted by atomic mass is 9.76. The summed E-state index contributed by atoms with van der Waals surface area (Å²) in [6.07, 6.45) is 2.82. The summed E-state index contributed by atoms with van der Waals surface area (Å²) in [4.78, 5) is 123. The van der Waals surface area contributed by atoms with Crippen LogP contribution in [0.15, 0.2) is 109 Å². The molecule has 486 valence electrons. The molecule has 1 aliphatic heterocycles. The van der Waals surface area contributed by atoms with Crippen LogP contribution in [-0.2, 0) is 70.5 Å². The van der Waals surface area contributed by atoms with Gasteiger partial charge in [-0.05, 0) is 109 Å². The number of aromatic nitrogens is 1. The monoisotopic (exact) mass is 1250 g/mol. The average molecular weight is 1250 g/mol. The van der Waals surface area contributed by atoms with Crippen LogP contribution in [0.25, 0.3) is 10.9 Å². The Kier molecular flexibility index (Phi) is 24.3. The number of rotatable bonds is 27. The summed E-state index contributed by atoms with van der Waals surface area (Å²) in [5.74, 6) is 1.95.